The van der Waals surface area contributed by atoms with Crippen molar-refractivity contribution in [3.05, 3.63) is 34.1 Å². The Bertz CT molecular complexity index is 373. The molecule has 0 aliphatic rings. The SMILES string of the molecule is COCc1ccc(C(O)C(O)CN=[N+]=[N-])o1. The smallest absolute Gasteiger partial charge is 0.137 e. The largest absolute Gasteiger partial charge is 0.461 e. The van der Waals surface area contributed by atoms with Gasteiger partial charge in [0.1, 0.15) is 24.2 Å². The van der Waals surface area contributed by atoms with E-state index in [1.807, 2.05) is 0 Å². The van der Waals surface area contributed by atoms with Gasteiger partial charge in [-0.15, -0.1) is 0 Å². The first kappa shape index (κ1) is 12.5. The van der Waals surface area contributed by atoms with Crippen molar-refractivity contribution in [2.75, 3.05) is 13.7 Å². The van der Waals surface area contributed by atoms with Gasteiger partial charge in [-0.1, -0.05) is 5.11 Å². The van der Waals surface area contributed by atoms with E-state index in [2.05, 4.69) is 10.0 Å². The second kappa shape index (κ2) is 6.14. The standard InChI is InChI=1S/C9H13N3O4/c1-15-5-6-2-3-8(16-6)9(14)7(13)4-11-12-10/h2-3,7,9,13-14H,4-5H2,1H3. The molecule has 0 aliphatic heterocycles. The summed E-state index contributed by atoms with van der Waals surface area (Å²) in [6, 6.07) is 3.18. The van der Waals surface area contributed by atoms with Gasteiger partial charge in [0.2, 0.25) is 0 Å². The topological polar surface area (TPSA) is 112 Å². The van der Waals surface area contributed by atoms with Crippen LogP contribution in [0.15, 0.2) is 21.7 Å². The maximum absolute atomic E-state index is 9.63. The lowest BCUT2D eigenvalue weighted by Crippen LogP contribution is -2.20. The van der Waals surface area contributed by atoms with Crippen LogP contribution in [0.3, 0.4) is 0 Å². The van der Waals surface area contributed by atoms with E-state index in [4.69, 9.17) is 14.7 Å². The molecule has 1 aromatic heterocycles. The van der Waals surface area contributed by atoms with Crippen LogP contribution in [-0.4, -0.2) is 30.0 Å². The van der Waals surface area contributed by atoms with Crippen LogP contribution in [0.2, 0.25) is 0 Å². The Kier molecular flexibility index (Phi) is 4.81. The summed E-state index contributed by atoms with van der Waals surface area (Å²) in [4.78, 5) is 2.49. The van der Waals surface area contributed by atoms with Crippen LogP contribution in [0.25, 0.3) is 10.4 Å². The molecule has 16 heavy (non-hydrogen) atoms. The van der Waals surface area contributed by atoms with Crippen LogP contribution in [0, 0.1) is 0 Å². The summed E-state index contributed by atoms with van der Waals surface area (Å²) < 4.78 is 10.1. The number of ether oxygens (including phenoxy) is 1. The van der Waals surface area contributed by atoms with Gasteiger partial charge in [0.25, 0.3) is 0 Å². The van der Waals surface area contributed by atoms with Crippen molar-refractivity contribution in [3.63, 3.8) is 0 Å². The average molecular weight is 227 g/mol. The summed E-state index contributed by atoms with van der Waals surface area (Å²) in [6.07, 6.45) is -2.39. The van der Waals surface area contributed by atoms with Gasteiger partial charge < -0.3 is 19.4 Å². The van der Waals surface area contributed by atoms with Crippen molar-refractivity contribution in [2.45, 2.75) is 18.8 Å². The van der Waals surface area contributed by atoms with Crippen LogP contribution in [0.4, 0.5) is 0 Å². The summed E-state index contributed by atoms with van der Waals surface area (Å²) in [7, 11) is 1.52. The molecule has 0 amide bonds. The minimum absolute atomic E-state index is 0.210. The minimum Gasteiger partial charge on any atom is -0.461 e. The molecule has 0 fully saturated rings. The molecule has 0 aromatic carbocycles. The van der Waals surface area contributed by atoms with Gasteiger partial charge in [-0.05, 0) is 17.7 Å². The number of aliphatic hydroxyl groups excluding tert-OH is 2. The second-order valence-electron chi connectivity index (χ2n) is 3.16. The summed E-state index contributed by atoms with van der Waals surface area (Å²) in [5.41, 5.74) is 8.07. The highest BCUT2D eigenvalue weighted by Gasteiger charge is 2.20. The Morgan fingerprint density at radius 1 is 1.56 bits per heavy atom. The summed E-state index contributed by atoms with van der Waals surface area (Å²) in [6.45, 7) is 0.0805. The summed E-state index contributed by atoms with van der Waals surface area (Å²) in [5, 5.41) is 22.2. The quantitative estimate of drug-likeness (QED) is 0.431. The Hall–Kier alpha value is -1.53. The molecule has 0 saturated heterocycles. The molecule has 88 valence electrons. The van der Waals surface area contributed by atoms with Crippen LogP contribution < -0.4 is 0 Å². The van der Waals surface area contributed by atoms with Gasteiger partial charge in [-0.25, -0.2) is 0 Å². The zero-order chi connectivity index (χ0) is 12.0. The van der Waals surface area contributed by atoms with E-state index in [1.165, 1.54) is 7.11 Å². The van der Waals surface area contributed by atoms with Gasteiger partial charge in [-0.3, -0.25) is 0 Å². The highest BCUT2D eigenvalue weighted by molar-refractivity contribution is 5.10. The summed E-state index contributed by atoms with van der Waals surface area (Å²) >= 11 is 0. The van der Waals surface area contributed by atoms with Gasteiger partial charge in [0.15, 0.2) is 0 Å². The Balaban J connectivity index is 2.63. The zero-order valence-corrected chi connectivity index (χ0v) is 8.78. The molecule has 2 N–H and O–H groups in total. The maximum atomic E-state index is 9.63. The van der Waals surface area contributed by atoms with Gasteiger partial charge in [-0.2, -0.15) is 0 Å². The third kappa shape index (κ3) is 3.25. The molecule has 1 heterocycles. The fourth-order valence-corrected chi connectivity index (χ4v) is 1.18. The number of furan rings is 1. The fourth-order valence-electron chi connectivity index (χ4n) is 1.18. The third-order valence-electron chi connectivity index (χ3n) is 1.96. The molecule has 0 bridgehead atoms. The molecule has 7 heteroatoms. The van der Waals surface area contributed by atoms with E-state index < -0.39 is 12.2 Å². The lowest BCUT2D eigenvalue weighted by Gasteiger charge is -2.12. The number of nitrogens with zero attached hydrogens (tertiary/aromatic N) is 3. The molecular weight excluding hydrogens is 214 g/mol. The normalized spacial score (nSPS) is 14.2. The van der Waals surface area contributed by atoms with Crippen LogP contribution in [-0.2, 0) is 11.3 Å². The van der Waals surface area contributed by atoms with Gasteiger partial charge >= 0.3 is 0 Å². The monoisotopic (exact) mass is 227 g/mol. The van der Waals surface area contributed by atoms with Crippen molar-refractivity contribution in [3.8, 4) is 0 Å². The van der Waals surface area contributed by atoms with Crippen molar-refractivity contribution >= 4 is 0 Å². The number of hydrogen-bond donors (Lipinski definition) is 2. The van der Waals surface area contributed by atoms with Crippen molar-refractivity contribution < 1.29 is 19.4 Å². The lowest BCUT2D eigenvalue weighted by atomic mass is 10.1. The minimum atomic E-state index is -1.21. The molecule has 0 radical (unpaired) electrons. The van der Waals surface area contributed by atoms with E-state index in [1.54, 1.807) is 12.1 Å². The zero-order valence-electron chi connectivity index (χ0n) is 8.78. The molecule has 1 aromatic rings. The highest BCUT2D eigenvalue weighted by Crippen LogP contribution is 2.20. The molecule has 1 rings (SSSR count). The predicted octanol–water partition coefficient (Wildman–Crippen LogP) is 1.13. The molecular formula is C9H13N3O4. The Morgan fingerprint density at radius 3 is 2.94 bits per heavy atom. The van der Waals surface area contributed by atoms with Crippen LogP contribution >= 0.6 is 0 Å². The molecule has 2 atom stereocenters. The highest BCUT2D eigenvalue weighted by atomic mass is 16.5. The van der Waals surface area contributed by atoms with Gasteiger partial charge in [0.05, 0.1) is 12.6 Å². The Labute approximate surface area is 91.9 Å². The maximum Gasteiger partial charge on any atom is 0.137 e. The first-order valence-electron chi connectivity index (χ1n) is 4.63. The van der Waals surface area contributed by atoms with Crippen LogP contribution in [0.1, 0.15) is 17.6 Å². The molecule has 7 nitrogen and oxygen atoms in total. The van der Waals surface area contributed by atoms with Crippen molar-refractivity contribution in [1.29, 1.82) is 0 Å². The number of aliphatic hydroxyl groups is 2. The van der Waals surface area contributed by atoms with E-state index in [0.717, 1.165) is 0 Å². The molecule has 2 unspecified atom stereocenters. The second-order valence-corrected chi connectivity index (χ2v) is 3.16. The fraction of sp³-hybridized carbons (Fsp3) is 0.556. The van der Waals surface area contributed by atoms with Crippen LogP contribution in [0.5, 0.6) is 0 Å². The van der Waals surface area contributed by atoms with E-state index >= 15 is 0 Å². The molecule has 0 saturated carbocycles. The number of methoxy groups -OCH3 is 1. The number of rotatable bonds is 6. The van der Waals surface area contributed by atoms with E-state index in [9.17, 15) is 10.2 Å². The Morgan fingerprint density at radius 2 is 2.31 bits per heavy atom. The lowest BCUT2D eigenvalue weighted by molar-refractivity contribution is 0.00948. The number of hydrogen-bond acceptors (Lipinski definition) is 5. The van der Waals surface area contributed by atoms with E-state index in [-0.39, 0.29) is 12.3 Å². The molecule has 0 aliphatic carbocycles. The third-order valence-corrected chi connectivity index (χ3v) is 1.96. The molecule has 0 spiro atoms. The van der Waals surface area contributed by atoms with Crippen molar-refractivity contribution in [2.24, 2.45) is 5.11 Å². The average Bonchev–Trinajstić information content (AvgIpc) is 2.74. The number of azide groups is 1. The first-order valence-corrected chi connectivity index (χ1v) is 4.63. The van der Waals surface area contributed by atoms with Gasteiger partial charge in [0, 0.05) is 12.0 Å². The van der Waals surface area contributed by atoms with Crippen molar-refractivity contribution in [1.82, 2.24) is 0 Å². The first-order chi connectivity index (χ1) is 7.69. The predicted molar refractivity (Wildman–Crippen MR) is 54.4 cm³/mol. The summed E-state index contributed by atoms with van der Waals surface area (Å²) in [5.74, 6) is 0.764. The van der Waals surface area contributed by atoms with E-state index in [0.29, 0.717) is 12.4 Å².